The summed E-state index contributed by atoms with van der Waals surface area (Å²) in [6.07, 6.45) is 6.39. The second kappa shape index (κ2) is 6.69. The normalized spacial score (nSPS) is 18.3. The van der Waals surface area contributed by atoms with E-state index >= 15 is 0 Å². The summed E-state index contributed by atoms with van der Waals surface area (Å²) in [5, 5.41) is 0. The Balaban J connectivity index is 2.33. The van der Waals surface area contributed by atoms with Gasteiger partial charge < -0.3 is 9.22 Å². The second-order valence-electron chi connectivity index (χ2n) is 4.67. The van der Waals surface area contributed by atoms with Gasteiger partial charge in [-0.15, -0.1) is 0 Å². The smallest absolute Gasteiger partial charge is 0.330 e. The molecular formula is C13H24NO2+. The highest BCUT2D eigenvalue weighted by atomic mass is 16.5. The Morgan fingerprint density at radius 1 is 1.38 bits per heavy atom. The fourth-order valence-electron chi connectivity index (χ4n) is 2.46. The monoisotopic (exact) mass is 226 g/mol. The van der Waals surface area contributed by atoms with Crippen LogP contribution in [0.15, 0.2) is 12.7 Å². The van der Waals surface area contributed by atoms with Crippen LogP contribution in [0.4, 0.5) is 0 Å². The number of hydrogen-bond donors (Lipinski definition) is 0. The fraction of sp³-hybridized carbons (Fsp3) is 0.769. The minimum atomic E-state index is -0.298. The van der Waals surface area contributed by atoms with Gasteiger partial charge in [0, 0.05) is 18.9 Å². The molecule has 3 nitrogen and oxygen atoms in total. The summed E-state index contributed by atoms with van der Waals surface area (Å²) in [6.45, 7) is 10.9. The van der Waals surface area contributed by atoms with Crippen LogP contribution < -0.4 is 0 Å². The number of carbonyl (C=O) groups excluding carboxylic acids is 1. The predicted octanol–water partition coefficient (Wildman–Crippen LogP) is 2.13. The molecule has 0 aromatic heterocycles. The minimum absolute atomic E-state index is 0.298. The van der Waals surface area contributed by atoms with E-state index in [1.54, 1.807) is 0 Å². The van der Waals surface area contributed by atoms with Crippen molar-refractivity contribution in [2.45, 2.75) is 32.6 Å². The minimum Gasteiger partial charge on any atom is -0.457 e. The van der Waals surface area contributed by atoms with Crippen LogP contribution in [0.25, 0.3) is 0 Å². The van der Waals surface area contributed by atoms with E-state index in [2.05, 4.69) is 13.5 Å². The van der Waals surface area contributed by atoms with Crippen LogP contribution >= 0.6 is 0 Å². The molecule has 1 heterocycles. The first-order chi connectivity index (χ1) is 7.72. The van der Waals surface area contributed by atoms with Gasteiger partial charge in [0.2, 0.25) is 0 Å². The summed E-state index contributed by atoms with van der Waals surface area (Å²) in [7, 11) is 0. The standard InChI is InChI=1S/C13H24NO2/c1-3-5-8-14(9-6-7-10-14)11-12-16-13(15)4-2/h4H,2-3,5-12H2,1H3/q+1. The highest BCUT2D eigenvalue weighted by molar-refractivity contribution is 5.81. The van der Waals surface area contributed by atoms with Crippen molar-refractivity contribution in [3.05, 3.63) is 12.7 Å². The average molecular weight is 226 g/mol. The van der Waals surface area contributed by atoms with E-state index in [9.17, 15) is 4.79 Å². The number of ether oxygens (including phenoxy) is 1. The molecule has 1 aliphatic rings. The van der Waals surface area contributed by atoms with Crippen LogP contribution in [0.3, 0.4) is 0 Å². The zero-order valence-corrected chi connectivity index (χ0v) is 10.4. The van der Waals surface area contributed by atoms with Crippen LogP contribution in [-0.2, 0) is 9.53 Å². The lowest BCUT2D eigenvalue weighted by Crippen LogP contribution is -2.48. The highest BCUT2D eigenvalue weighted by Crippen LogP contribution is 2.20. The third-order valence-corrected chi connectivity index (χ3v) is 3.48. The van der Waals surface area contributed by atoms with Crippen LogP contribution in [-0.4, -0.2) is 43.2 Å². The molecule has 1 fully saturated rings. The molecule has 0 aliphatic carbocycles. The largest absolute Gasteiger partial charge is 0.457 e. The van der Waals surface area contributed by atoms with E-state index in [0.717, 1.165) is 11.0 Å². The Hall–Kier alpha value is -0.830. The van der Waals surface area contributed by atoms with E-state index in [1.165, 1.54) is 51.4 Å². The summed E-state index contributed by atoms with van der Waals surface area (Å²) >= 11 is 0. The fourth-order valence-corrected chi connectivity index (χ4v) is 2.46. The van der Waals surface area contributed by atoms with Crippen molar-refractivity contribution in [3.8, 4) is 0 Å². The van der Waals surface area contributed by atoms with Gasteiger partial charge in [-0.3, -0.25) is 0 Å². The molecule has 0 spiro atoms. The van der Waals surface area contributed by atoms with Crippen molar-refractivity contribution in [2.75, 3.05) is 32.8 Å². The van der Waals surface area contributed by atoms with Gasteiger partial charge in [0.05, 0.1) is 19.6 Å². The number of esters is 1. The summed E-state index contributed by atoms with van der Waals surface area (Å²) in [4.78, 5) is 11.0. The molecule has 92 valence electrons. The van der Waals surface area contributed by atoms with Gasteiger partial charge in [0.15, 0.2) is 0 Å². The molecule has 0 atom stereocenters. The topological polar surface area (TPSA) is 26.3 Å². The van der Waals surface area contributed by atoms with E-state index in [-0.39, 0.29) is 5.97 Å². The van der Waals surface area contributed by atoms with Gasteiger partial charge in [-0.25, -0.2) is 4.79 Å². The quantitative estimate of drug-likeness (QED) is 0.377. The van der Waals surface area contributed by atoms with Crippen LogP contribution in [0.5, 0.6) is 0 Å². The first-order valence-electron chi connectivity index (χ1n) is 6.37. The lowest BCUT2D eigenvalue weighted by Gasteiger charge is -2.34. The molecule has 1 rings (SSSR count). The van der Waals surface area contributed by atoms with Crippen LogP contribution in [0.1, 0.15) is 32.6 Å². The molecule has 0 saturated carbocycles. The van der Waals surface area contributed by atoms with E-state index in [0.29, 0.717) is 6.61 Å². The summed E-state index contributed by atoms with van der Waals surface area (Å²) in [5.74, 6) is -0.298. The number of unbranched alkanes of at least 4 members (excludes halogenated alkanes) is 1. The molecule has 0 bridgehead atoms. The van der Waals surface area contributed by atoms with Crippen molar-refractivity contribution in [3.63, 3.8) is 0 Å². The van der Waals surface area contributed by atoms with Crippen molar-refractivity contribution < 1.29 is 14.0 Å². The second-order valence-corrected chi connectivity index (χ2v) is 4.67. The molecule has 0 radical (unpaired) electrons. The Labute approximate surface area is 98.7 Å². The predicted molar refractivity (Wildman–Crippen MR) is 65.0 cm³/mol. The van der Waals surface area contributed by atoms with Gasteiger partial charge in [-0.2, -0.15) is 0 Å². The van der Waals surface area contributed by atoms with Gasteiger partial charge in [0.25, 0.3) is 0 Å². The SMILES string of the molecule is C=CC(=O)OCC[N+]1(CCCC)CCCC1. The van der Waals surface area contributed by atoms with Crippen molar-refractivity contribution in [1.82, 2.24) is 0 Å². The molecule has 1 saturated heterocycles. The van der Waals surface area contributed by atoms with E-state index in [4.69, 9.17) is 4.74 Å². The molecular weight excluding hydrogens is 202 g/mol. The summed E-state index contributed by atoms with van der Waals surface area (Å²) in [6, 6.07) is 0. The third kappa shape index (κ3) is 3.97. The first kappa shape index (κ1) is 13.2. The number of rotatable bonds is 7. The summed E-state index contributed by atoms with van der Waals surface area (Å²) in [5.41, 5.74) is 0. The maximum absolute atomic E-state index is 11.0. The zero-order chi connectivity index (χ0) is 11.9. The molecule has 0 amide bonds. The molecule has 0 N–H and O–H groups in total. The van der Waals surface area contributed by atoms with Gasteiger partial charge in [0.1, 0.15) is 13.2 Å². The van der Waals surface area contributed by atoms with Crippen LogP contribution in [0.2, 0.25) is 0 Å². The number of likely N-dealkylation sites (tertiary alicyclic amines) is 1. The highest BCUT2D eigenvalue weighted by Gasteiger charge is 2.30. The molecule has 1 aliphatic heterocycles. The van der Waals surface area contributed by atoms with Gasteiger partial charge in [-0.1, -0.05) is 19.9 Å². The number of carbonyl (C=O) groups is 1. The third-order valence-electron chi connectivity index (χ3n) is 3.48. The maximum Gasteiger partial charge on any atom is 0.330 e. The lowest BCUT2D eigenvalue weighted by atomic mass is 10.2. The van der Waals surface area contributed by atoms with Crippen molar-refractivity contribution in [2.24, 2.45) is 0 Å². The van der Waals surface area contributed by atoms with E-state index in [1.807, 2.05) is 0 Å². The van der Waals surface area contributed by atoms with Crippen molar-refractivity contribution >= 4 is 5.97 Å². The Morgan fingerprint density at radius 2 is 2.06 bits per heavy atom. The zero-order valence-electron chi connectivity index (χ0n) is 10.4. The average Bonchev–Trinajstić information content (AvgIpc) is 2.75. The Bertz CT molecular complexity index is 232. The van der Waals surface area contributed by atoms with E-state index < -0.39 is 0 Å². The van der Waals surface area contributed by atoms with Crippen molar-refractivity contribution in [1.29, 1.82) is 0 Å². The number of hydrogen-bond acceptors (Lipinski definition) is 2. The van der Waals surface area contributed by atoms with Gasteiger partial charge in [-0.05, 0) is 6.42 Å². The Morgan fingerprint density at radius 3 is 2.62 bits per heavy atom. The molecule has 3 heteroatoms. The van der Waals surface area contributed by atoms with Crippen LogP contribution in [0, 0.1) is 0 Å². The first-order valence-corrected chi connectivity index (χ1v) is 6.37. The molecule has 16 heavy (non-hydrogen) atoms. The summed E-state index contributed by atoms with van der Waals surface area (Å²) < 4.78 is 6.24. The lowest BCUT2D eigenvalue weighted by molar-refractivity contribution is -0.917. The molecule has 0 aromatic carbocycles. The maximum atomic E-state index is 11.0. The Kier molecular flexibility index (Phi) is 5.53. The number of quaternary nitrogens is 1. The van der Waals surface area contributed by atoms with Gasteiger partial charge >= 0.3 is 5.97 Å². The molecule has 0 unspecified atom stereocenters. The molecule has 0 aromatic rings. The number of nitrogens with zero attached hydrogens (tertiary/aromatic N) is 1.